The predicted molar refractivity (Wildman–Crippen MR) is 141 cm³/mol. The number of aromatic amines is 1. The number of aryl methyl sites for hydroxylation is 1. The standard InChI is InChI=1S/C26H22BrFN8O2/c1-13(37)24-18-7-15(16-9-29-14(2)30-10-16)3-5-20(18)36(34-24)12-23(38)35-11-17(28)8-21(35)26-31-19-4-6-22(27)32-25(19)33-26/h3-7,9-10,17,21H,8,11-12H2,1-2H3,(H,31,32,33)/t17-,21+/m1/s1. The number of pyridine rings is 1. The van der Waals surface area contributed by atoms with E-state index in [1.807, 2.05) is 31.2 Å². The van der Waals surface area contributed by atoms with Crippen LogP contribution in [0.15, 0.2) is 47.3 Å². The number of aromatic nitrogens is 7. The molecule has 1 fully saturated rings. The fourth-order valence-corrected chi connectivity index (χ4v) is 5.17. The summed E-state index contributed by atoms with van der Waals surface area (Å²) in [6, 6.07) is 8.59. The molecular weight excluding hydrogens is 555 g/mol. The van der Waals surface area contributed by atoms with Crippen LogP contribution in [0.5, 0.6) is 0 Å². The van der Waals surface area contributed by atoms with E-state index >= 15 is 0 Å². The molecule has 38 heavy (non-hydrogen) atoms. The number of ketones is 1. The van der Waals surface area contributed by atoms with Gasteiger partial charge in [0.1, 0.15) is 34.7 Å². The molecule has 1 aromatic carbocycles. The number of alkyl halides is 1. The van der Waals surface area contributed by atoms with Gasteiger partial charge in [-0.2, -0.15) is 5.10 Å². The maximum atomic E-state index is 14.6. The van der Waals surface area contributed by atoms with Crippen molar-refractivity contribution in [3.05, 3.63) is 64.7 Å². The van der Waals surface area contributed by atoms with Crippen LogP contribution in [0, 0.1) is 6.92 Å². The molecule has 0 aliphatic carbocycles. The summed E-state index contributed by atoms with van der Waals surface area (Å²) >= 11 is 3.33. The number of nitrogens with zero attached hydrogens (tertiary/aromatic N) is 7. The van der Waals surface area contributed by atoms with Gasteiger partial charge in [0, 0.05) is 36.7 Å². The van der Waals surface area contributed by atoms with Gasteiger partial charge >= 0.3 is 0 Å². The highest BCUT2D eigenvalue weighted by Gasteiger charge is 2.38. The molecule has 6 rings (SSSR count). The molecular formula is C26H22BrFN8O2. The summed E-state index contributed by atoms with van der Waals surface area (Å²) in [5.74, 6) is 0.606. The Balaban J connectivity index is 1.32. The lowest BCUT2D eigenvalue weighted by Crippen LogP contribution is -2.34. The number of H-pyrrole nitrogens is 1. The second-order valence-corrected chi connectivity index (χ2v) is 10.1. The third-order valence-corrected chi connectivity index (χ3v) is 7.14. The number of halogens is 2. The third-order valence-electron chi connectivity index (χ3n) is 6.70. The lowest BCUT2D eigenvalue weighted by atomic mass is 10.0. The van der Waals surface area contributed by atoms with Crippen molar-refractivity contribution >= 4 is 49.7 Å². The second-order valence-electron chi connectivity index (χ2n) is 9.34. The molecule has 1 saturated heterocycles. The van der Waals surface area contributed by atoms with Crippen molar-refractivity contribution in [2.75, 3.05) is 6.54 Å². The summed E-state index contributed by atoms with van der Waals surface area (Å²) in [6.45, 7) is 3.05. The first kappa shape index (κ1) is 24.3. The molecule has 1 aliphatic heterocycles. The van der Waals surface area contributed by atoms with Crippen molar-refractivity contribution in [1.82, 2.24) is 39.6 Å². The first-order valence-corrected chi connectivity index (χ1v) is 12.8. The molecule has 10 nitrogen and oxygen atoms in total. The SMILES string of the molecule is CC(=O)c1nn(CC(=O)N2C[C@H](F)C[C@H]2c2nc3nc(Br)ccc3[nH]2)c2ccc(-c3cnc(C)nc3)cc12. The van der Waals surface area contributed by atoms with Crippen LogP contribution in [0.2, 0.25) is 0 Å². The van der Waals surface area contributed by atoms with Gasteiger partial charge in [0.25, 0.3) is 0 Å². The van der Waals surface area contributed by atoms with Gasteiger partial charge in [0.15, 0.2) is 11.4 Å². The maximum Gasteiger partial charge on any atom is 0.245 e. The average molecular weight is 577 g/mol. The van der Waals surface area contributed by atoms with Crippen LogP contribution < -0.4 is 0 Å². The zero-order valence-corrected chi connectivity index (χ0v) is 22.1. The van der Waals surface area contributed by atoms with Crippen LogP contribution in [0.3, 0.4) is 0 Å². The van der Waals surface area contributed by atoms with Crippen LogP contribution in [0.1, 0.15) is 41.5 Å². The normalized spacial score (nSPS) is 17.5. The fraction of sp³-hybridized carbons (Fsp3) is 0.269. The van der Waals surface area contributed by atoms with Crippen molar-refractivity contribution in [1.29, 1.82) is 0 Å². The Hall–Kier alpha value is -4.06. The number of Topliss-reactive ketones (excluding diaryl/α,β-unsaturated/α-hetero) is 1. The smallest absolute Gasteiger partial charge is 0.245 e. The quantitative estimate of drug-likeness (QED) is 0.244. The van der Waals surface area contributed by atoms with Crippen molar-refractivity contribution in [2.24, 2.45) is 0 Å². The Morgan fingerprint density at radius 2 is 1.92 bits per heavy atom. The summed E-state index contributed by atoms with van der Waals surface area (Å²) in [5, 5.41) is 5.09. The van der Waals surface area contributed by atoms with Crippen molar-refractivity contribution < 1.29 is 14.0 Å². The van der Waals surface area contributed by atoms with Gasteiger partial charge in [-0.3, -0.25) is 14.3 Å². The van der Waals surface area contributed by atoms with E-state index in [4.69, 9.17) is 0 Å². The zero-order chi connectivity index (χ0) is 26.6. The molecule has 2 atom stereocenters. The minimum Gasteiger partial charge on any atom is -0.339 e. The largest absolute Gasteiger partial charge is 0.339 e. The Morgan fingerprint density at radius 1 is 1.13 bits per heavy atom. The highest BCUT2D eigenvalue weighted by atomic mass is 79.9. The Bertz CT molecular complexity index is 1710. The van der Waals surface area contributed by atoms with E-state index in [1.54, 1.807) is 18.5 Å². The molecule has 0 radical (unpaired) electrons. The number of hydrogen-bond donors (Lipinski definition) is 1. The number of carbonyl (C=O) groups excluding carboxylic acids is 2. The van der Waals surface area contributed by atoms with E-state index in [0.29, 0.717) is 38.3 Å². The van der Waals surface area contributed by atoms with Gasteiger partial charge in [-0.15, -0.1) is 0 Å². The fourth-order valence-electron chi connectivity index (χ4n) is 4.87. The van der Waals surface area contributed by atoms with Crippen LogP contribution in [-0.2, 0) is 11.3 Å². The van der Waals surface area contributed by atoms with Gasteiger partial charge in [0.05, 0.1) is 23.6 Å². The zero-order valence-electron chi connectivity index (χ0n) is 20.5. The number of hydrogen-bond acceptors (Lipinski definition) is 7. The molecule has 1 aliphatic rings. The molecule has 0 spiro atoms. The summed E-state index contributed by atoms with van der Waals surface area (Å²) < 4.78 is 16.7. The van der Waals surface area contributed by atoms with Gasteiger partial charge in [-0.05, 0) is 52.7 Å². The number of fused-ring (bicyclic) bond motifs is 2. The first-order valence-electron chi connectivity index (χ1n) is 12.0. The van der Waals surface area contributed by atoms with Crippen molar-refractivity contribution in [3.8, 4) is 11.1 Å². The number of likely N-dealkylation sites (tertiary alicyclic amines) is 1. The lowest BCUT2D eigenvalue weighted by molar-refractivity contribution is -0.133. The highest BCUT2D eigenvalue weighted by molar-refractivity contribution is 9.10. The van der Waals surface area contributed by atoms with Crippen LogP contribution in [0.25, 0.3) is 33.2 Å². The van der Waals surface area contributed by atoms with E-state index in [2.05, 4.69) is 45.9 Å². The lowest BCUT2D eigenvalue weighted by Gasteiger charge is -2.22. The number of benzene rings is 1. The number of imidazole rings is 1. The summed E-state index contributed by atoms with van der Waals surface area (Å²) in [7, 11) is 0. The Labute approximate surface area is 224 Å². The molecule has 1 N–H and O–H groups in total. The van der Waals surface area contributed by atoms with E-state index in [0.717, 1.165) is 11.1 Å². The molecule has 0 unspecified atom stereocenters. The third kappa shape index (κ3) is 4.34. The Morgan fingerprint density at radius 3 is 2.68 bits per heavy atom. The number of nitrogens with one attached hydrogen (secondary N) is 1. The number of amides is 1. The number of carbonyl (C=O) groups is 2. The van der Waals surface area contributed by atoms with Gasteiger partial charge in [-0.25, -0.2) is 24.3 Å². The van der Waals surface area contributed by atoms with Crippen molar-refractivity contribution in [3.63, 3.8) is 0 Å². The molecule has 12 heteroatoms. The molecule has 5 aromatic rings. The molecule has 4 aromatic heterocycles. The monoisotopic (exact) mass is 576 g/mol. The summed E-state index contributed by atoms with van der Waals surface area (Å²) in [6.07, 6.45) is 2.39. The molecule has 192 valence electrons. The summed E-state index contributed by atoms with van der Waals surface area (Å²) in [4.78, 5) is 47.9. The van der Waals surface area contributed by atoms with E-state index in [9.17, 15) is 14.0 Å². The van der Waals surface area contributed by atoms with Crippen LogP contribution in [-0.4, -0.2) is 64.0 Å². The maximum absolute atomic E-state index is 14.6. The molecule has 5 heterocycles. The highest BCUT2D eigenvalue weighted by Crippen LogP contribution is 2.34. The van der Waals surface area contributed by atoms with E-state index < -0.39 is 12.2 Å². The van der Waals surface area contributed by atoms with Crippen molar-refractivity contribution in [2.45, 2.75) is 39.0 Å². The van der Waals surface area contributed by atoms with E-state index in [-0.39, 0.29) is 36.9 Å². The minimum absolute atomic E-state index is 0.0476. The minimum atomic E-state index is -1.18. The topological polar surface area (TPSA) is 123 Å². The average Bonchev–Trinajstić information content (AvgIpc) is 3.59. The summed E-state index contributed by atoms with van der Waals surface area (Å²) in [5.41, 5.74) is 3.72. The van der Waals surface area contributed by atoms with Gasteiger partial charge in [-0.1, -0.05) is 6.07 Å². The Kier molecular flexibility index (Phi) is 5.98. The number of rotatable bonds is 5. The molecule has 0 saturated carbocycles. The van der Waals surface area contributed by atoms with Crippen LogP contribution in [0.4, 0.5) is 4.39 Å². The van der Waals surface area contributed by atoms with Gasteiger partial charge < -0.3 is 9.88 Å². The van der Waals surface area contributed by atoms with Gasteiger partial charge in [0.2, 0.25) is 5.91 Å². The van der Waals surface area contributed by atoms with Crippen LogP contribution >= 0.6 is 15.9 Å². The first-order chi connectivity index (χ1) is 18.3. The molecule has 1 amide bonds. The predicted octanol–water partition coefficient (Wildman–Crippen LogP) is 4.35. The van der Waals surface area contributed by atoms with E-state index in [1.165, 1.54) is 16.5 Å². The second kappa shape index (κ2) is 9.35. The molecule has 0 bridgehead atoms.